The fourth-order valence-corrected chi connectivity index (χ4v) is 2.46. The summed E-state index contributed by atoms with van der Waals surface area (Å²) in [5.41, 5.74) is 0.477. The van der Waals surface area contributed by atoms with Crippen LogP contribution in [0.1, 0.15) is 16.4 Å². The van der Waals surface area contributed by atoms with E-state index >= 15 is 0 Å². The van der Waals surface area contributed by atoms with Crippen LogP contribution in [0.3, 0.4) is 0 Å². The van der Waals surface area contributed by atoms with Crippen molar-refractivity contribution in [3.8, 4) is 17.2 Å². The summed E-state index contributed by atoms with van der Waals surface area (Å²) in [6.45, 7) is -1.40. The second-order valence-electron chi connectivity index (χ2n) is 5.80. The highest BCUT2D eigenvalue weighted by Crippen LogP contribution is 2.25. The van der Waals surface area contributed by atoms with Crippen LogP contribution >= 0.6 is 0 Å². The van der Waals surface area contributed by atoms with Crippen LogP contribution in [0.5, 0.6) is 11.5 Å². The molecule has 0 aliphatic heterocycles. The number of anilines is 1. The Bertz CT molecular complexity index is 1040. The van der Waals surface area contributed by atoms with Gasteiger partial charge in [0.25, 0.3) is 5.91 Å². The van der Waals surface area contributed by atoms with Gasteiger partial charge in [-0.3, -0.25) is 4.79 Å². The van der Waals surface area contributed by atoms with Crippen LogP contribution < -0.4 is 14.8 Å². The molecule has 0 fully saturated rings. The molecule has 1 aromatic heterocycles. The second-order valence-corrected chi connectivity index (χ2v) is 5.80. The highest BCUT2D eigenvalue weighted by molar-refractivity contribution is 6.01. The largest absolute Gasteiger partial charge is 0.573 e. The zero-order valence-corrected chi connectivity index (χ0v) is 15.2. The van der Waals surface area contributed by atoms with E-state index in [2.05, 4.69) is 24.9 Å². The quantitative estimate of drug-likeness (QED) is 0.592. The van der Waals surface area contributed by atoms with Gasteiger partial charge in [-0.05, 0) is 43.3 Å². The maximum Gasteiger partial charge on any atom is 0.573 e. The first-order valence-corrected chi connectivity index (χ1v) is 8.27. The van der Waals surface area contributed by atoms with E-state index in [0.29, 0.717) is 11.5 Å². The fraction of sp³-hybridized carbons (Fsp3) is 0.167. The third kappa shape index (κ3) is 5.43. The first-order valence-electron chi connectivity index (χ1n) is 8.27. The van der Waals surface area contributed by atoms with Crippen molar-refractivity contribution in [3.63, 3.8) is 0 Å². The van der Waals surface area contributed by atoms with Gasteiger partial charge < -0.3 is 14.8 Å². The Hall–Kier alpha value is -3.70. The van der Waals surface area contributed by atoms with Gasteiger partial charge in [-0.15, -0.1) is 18.3 Å². The Balaban J connectivity index is 1.75. The van der Waals surface area contributed by atoms with Crippen molar-refractivity contribution in [1.29, 1.82) is 0 Å². The molecule has 158 valence electrons. The number of carbonyl (C=O) groups is 1. The minimum absolute atomic E-state index is 0.0456. The van der Waals surface area contributed by atoms with E-state index in [9.17, 15) is 26.7 Å². The molecule has 0 spiro atoms. The Kier molecular flexibility index (Phi) is 5.85. The van der Waals surface area contributed by atoms with Crippen molar-refractivity contribution in [3.05, 3.63) is 60.2 Å². The molecule has 1 amide bonds. The summed E-state index contributed by atoms with van der Waals surface area (Å²) in [6.07, 6.45) is -4.87. The SMILES string of the molecule is Cc1nc(C(=O)Nc2cccc(OC(F)(F)F)c2)nn1-c1ccc(OC(F)F)cc1. The molecule has 0 bridgehead atoms. The third-order valence-electron chi connectivity index (χ3n) is 3.60. The van der Waals surface area contributed by atoms with Crippen molar-refractivity contribution in [2.75, 3.05) is 5.32 Å². The predicted molar refractivity (Wildman–Crippen MR) is 93.8 cm³/mol. The molecule has 0 unspecified atom stereocenters. The van der Waals surface area contributed by atoms with Gasteiger partial charge in [0.15, 0.2) is 0 Å². The lowest BCUT2D eigenvalue weighted by atomic mass is 10.3. The van der Waals surface area contributed by atoms with E-state index in [1.54, 1.807) is 6.92 Å². The standard InChI is InChI=1S/C18H13F5N4O3/c1-10-24-15(26-27(10)12-5-7-13(8-6-12)29-17(19)20)16(28)25-11-3-2-4-14(9-11)30-18(21,22)23/h2-9,17H,1H3,(H,25,28). The van der Waals surface area contributed by atoms with Crippen LogP contribution in [0.25, 0.3) is 5.69 Å². The number of alkyl halides is 5. The van der Waals surface area contributed by atoms with Crippen LogP contribution in [-0.4, -0.2) is 33.6 Å². The normalized spacial score (nSPS) is 11.4. The number of ether oxygens (including phenoxy) is 2. The Labute approximate surface area is 166 Å². The van der Waals surface area contributed by atoms with Crippen LogP contribution in [0.4, 0.5) is 27.6 Å². The summed E-state index contributed by atoms with van der Waals surface area (Å²) < 4.78 is 70.8. The Morgan fingerprint density at radius 1 is 1.10 bits per heavy atom. The number of halogens is 5. The van der Waals surface area contributed by atoms with Gasteiger partial charge in [-0.2, -0.15) is 8.78 Å². The minimum Gasteiger partial charge on any atom is -0.435 e. The third-order valence-corrected chi connectivity index (χ3v) is 3.60. The van der Waals surface area contributed by atoms with E-state index in [1.807, 2.05) is 0 Å². The molecule has 7 nitrogen and oxygen atoms in total. The molecular weight excluding hydrogens is 415 g/mol. The molecule has 0 atom stereocenters. The van der Waals surface area contributed by atoms with E-state index in [0.717, 1.165) is 12.1 Å². The molecule has 30 heavy (non-hydrogen) atoms. The molecule has 1 heterocycles. The summed E-state index contributed by atoms with van der Waals surface area (Å²) in [6, 6.07) is 10.2. The number of aryl methyl sites for hydroxylation is 1. The molecule has 0 radical (unpaired) electrons. The average molecular weight is 428 g/mol. The van der Waals surface area contributed by atoms with Crippen molar-refractivity contribution in [1.82, 2.24) is 14.8 Å². The Morgan fingerprint density at radius 3 is 2.43 bits per heavy atom. The van der Waals surface area contributed by atoms with Crippen LogP contribution in [0.15, 0.2) is 48.5 Å². The van der Waals surface area contributed by atoms with E-state index in [-0.39, 0.29) is 17.3 Å². The molecule has 2 aromatic carbocycles. The number of hydrogen-bond acceptors (Lipinski definition) is 5. The van der Waals surface area contributed by atoms with Crippen molar-refractivity contribution in [2.45, 2.75) is 19.9 Å². The lowest BCUT2D eigenvalue weighted by Crippen LogP contribution is -2.18. The molecule has 0 aliphatic carbocycles. The van der Waals surface area contributed by atoms with Gasteiger partial charge in [0.1, 0.15) is 17.3 Å². The van der Waals surface area contributed by atoms with Gasteiger partial charge in [0.2, 0.25) is 5.82 Å². The molecule has 3 aromatic rings. The topological polar surface area (TPSA) is 78.3 Å². The zero-order chi connectivity index (χ0) is 21.9. The van der Waals surface area contributed by atoms with Crippen molar-refractivity contribution in [2.24, 2.45) is 0 Å². The molecule has 0 saturated heterocycles. The van der Waals surface area contributed by atoms with Crippen molar-refractivity contribution >= 4 is 11.6 Å². The monoisotopic (exact) mass is 428 g/mol. The second kappa shape index (κ2) is 8.35. The lowest BCUT2D eigenvalue weighted by molar-refractivity contribution is -0.274. The number of nitrogens with one attached hydrogen (secondary N) is 1. The number of benzene rings is 2. The van der Waals surface area contributed by atoms with Gasteiger partial charge in [-0.25, -0.2) is 9.67 Å². The van der Waals surface area contributed by atoms with E-state index < -0.39 is 24.6 Å². The maximum absolute atomic E-state index is 12.4. The number of aromatic nitrogens is 3. The number of amides is 1. The predicted octanol–water partition coefficient (Wildman–Crippen LogP) is 4.33. The highest BCUT2D eigenvalue weighted by atomic mass is 19.4. The number of rotatable bonds is 6. The van der Waals surface area contributed by atoms with Crippen molar-refractivity contribution < 1.29 is 36.2 Å². The van der Waals surface area contributed by atoms with E-state index in [4.69, 9.17) is 0 Å². The first kappa shape index (κ1) is 21.0. The molecule has 0 aliphatic rings. The van der Waals surface area contributed by atoms with Gasteiger partial charge >= 0.3 is 13.0 Å². The maximum atomic E-state index is 12.4. The van der Waals surface area contributed by atoms with E-state index in [1.165, 1.54) is 41.1 Å². The van der Waals surface area contributed by atoms with Gasteiger partial charge in [0, 0.05) is 11.8 Å². The summed E-state index contributed by atoms with van der Waals surface area (Å²) >= 11 is 0. The van der Waals surface area contributed by atoms with Crippen LogP contribution in [0.2, 0.25) is 0 Å². The zero-order valence-electron chi connectivity index (χ0n) is 15.2. The lowest BCUT2D eigenvalue weighted by Gasteiger charge is -2.10. The van der Waals surface area contributed by atoms with Crippen LogP contribution in [-0.2, 0) is 0 Å². The highest BCUT2D eigenvalue weighted by Gasteiger charge is 2.31. The summed E-state index contributed by atoms with van der Waals surface area (Å²) in [4.78, 5) is 16.4. The molecule has 0 saturated carbocycles. The summed E-state index contributed by atoms with van der Waals surface area (Å²) in [5.74, 6) is -1.25. The fourth-order valence-electron chi connectivity index (χ4n) is 2.46. The smallest absolute Gasteiger partial charge is 0.435 e. The Morgan fingerprint density at radius 2 is 1.80 bits per heavy atom. The first-order chi connectivity index (χ1) is 14.1. The molecular formula is C18H13F5N4O3. The molecule has 12 heteroatoms. The molecule has 3 rings (SSSR count). The number of carbonyl (C=O) groups excluding carboxylic acids is 1. The number of hydrogen-bond donors (Lipinski definition) is 1. The molecule has 1 N–H and O–H groups in total. The van der Waals surface area contributed by atoms with Gasteiger partial charge in [0.05, 0.1) is 5.69 Å². The van der Waals surface area contributed by atoms with Gasteiger partial charge in [-0.1, -0.05) is 6.07 Å². The summed E-state index contributed by atoms with van der Waals surface area (Å²) in [5, 5.41) is 6.42. The average Bonchev–Trinajstić information content (AvgIpc) is 3.03. The van der Waals surface area contributed by atoms with Crippen LogP contribution in [0, 0.1) is 6.92 Å². The summed E-state index contributed by atoms with van der Waals surface area (Å²) in [7, 11) is 0. The minimum atomic E-state index is -4.87. The number of nitrogens with zero attached hydrogens (tertiary/aromatic N) is 3.